The third-order valence-corrected chi connectivity index (χ3v) is 12.3. The molecule has 4 aromatic heterocycles. The van der Waals surface area contributed by atoms with E-state index in [-0.39, 0.29) is 0 Å². The Hall–Kier alpha value is -7.82. The van der Waals surface area contributed by atoms with Gasteiger partial charge in [0.05, 0.1) is 44.1 Å². The lowest BCUT2D eigenvalue weighted by molar-refractivity contribution is 1.13. The zero-order valence-corrected chi connectivity index (χ0v) is 31.4. The molecule has 9 aromatic carbocycles. The summed E-state index contributed by atoms with van der Waals surface area (Å²) in [5.41, 5.74) is 16.6. The average Bonchev–Trinajstić information content (AvgIpc) is 4.02. The highest BCUT2D eigenvalue weighted by Crippen LogP contribution is 2.44. The first-order valence-corrected chi connectivity index (χ1v) is 19.9. The Labute approximate surface area is 333 Å². The maximum Gasteiger partial charge on any atom is 0.0563 e. The molecule has 4 nitrogen and oxygen atoms in total. The molecule has 0 bridgehead atoms. The highest BCUT2D eigenvalue weighted by Gasteiger charge is 2.23. The first-order chi connectivity index (χ1) is 28.8. The highest BCUT2D eigenvalue weighted by atomic mass is 15.0. The number of hydrogen-bond acceptors (Lipinski definition) is 0. The number of aromatic nitrogens is 4. The van der Waals surface area contributed by atoms with E-state index in [4.69, 9.17) is 0 Å². The van der Waals surface area contributed by atoms with E-state index in [1.54, 1.807) is 0 Å². The molecule has 0 fully saturated rings. The van der Waals surface area contributed by atoms with Gasteiger partial charge in [-0.1, -0.05) is 115 Å². The van der Waals surface area contributed by atoms with Gasteiger partial charge in [0.1, 0.15) is 0 Å². The van der Waals surface area contributed by atoms with Crippen molar-refractivity contribution in [3.8, 4) is 33.9 Å². The molecule has 4 heteroatoms. The fourth-order valence-corrected chi connectivity index (χ4v) is 9.94. The van der Waals surface area contributed by atoms with Crippen LogP contribution in [0.5, 0.6) is 0 Å². The second-order valence-electron chi connectivity index (χ2n) is 15.4. The molecular formula is C54H34N4. The molecule has 0 amide bonds. The molecule has 0 unspecified atom stereocenters. The Balaban J connectivity index is 1.08. The third kappa shape index (κ3) is 4.29. The van der Waals surface area contributed by atoms with Gasteiger partial charge in [-0.2, -0.15) is 0 Å². The van der Waals surface area contributed by atoms with Crippen molar-refractivity contribution in [2.45, 2.75) is 0 Å². The molecule has 0 spiro atoms. The third-order valence-electron chi connectivity index (χ3n) is 12.3. The second kappa shape index (κ2) is 11.8. The molecule has 58 heavy (non-hydrogen) atoms. The van der Waals surface area contributed by atoms with Crippen molar-refractivity contribution in [2.24, 2.45) is 0 Å². The Morgan fingerprint density at radius 3 is 1.16 bits per heavy atom. The number of hydrogen-bond donors (Lipinski definition) is 0. The van der Waals surface area contributed by atoms with Gasteiger partial charge in [0, 0.05) is 55.1 Å². The van der Waals surface area contributed by atoms with Crippen molar-refractivity contribution >= 4 is 76.5 Å². The maximum atomic E-state index is 2.48. The summed E-state index contributed by atoms with van der Waals surface area (Å²) in [7, 11) is 0. The van der Waals surface area contributed by atoms with Gasteiger partial charge >= 0.3 is 0 Å². The van der Waals surface area contributed by atoms with Gasteiger partial charge in [0.2, 0.25) is 0 Å². The van der Waals surface area contributed by atoms with Crippen LogP contribution in [0.4, 0.5) is 0 Å². The quantitative estimate of drug-likeness (QED) is 0.168. The van der Waals surface area contributed by atoms with Crippen molar-refractivity contribution in [1.82, 2.24) is 18.3 Å². The molecule has 13 aromatic rings. The topological polar surface area (TPSA) is 19.7 Å². The normalized spacial score (nSPS) is 12.1. The molecule has 13 rings (SSSR count). The van der Waals surface area contributed by atoms with E-state index in [9.17, 15) is 0 Å². The molecule has 0 radical (unpaired) electrons. The lowest BCUT2D eigenvalue weighted by atomic mass is 10.0. The summed E-state index contributed by atoms with van der Waals surface area (Å²) in [5.74, 6) is 0. The predicted octanol–water partition coefficient (Wildman–Crippen LogP) is 14.0. The van der Waals surface area contributed by atoms with Crippen LogP contribution in [0, 0.1) is 0 Å². The number of benzene rings is 9. The van der Waals surface area contributed by atoms with Crippen molar-refractivity contribution in [1.29, 1.82) is 0 Å². The summed E-state index contributed by atoms with van der Waals surface area (Å²) < 4.78 is 9.76. The van der Waals surface area contributed by atoms with Gasteiger partial charge < -0.3 is 18.3 Å². The van der Waals surface area contributed by atoms with E-state index in [1.165, 1.54) is 93.3 Å². The smallest absolute Gasteiger partial charge is 0.0563 e. The Bertz CT molecular complexity index is 3610. The van der Waals surface area contributed by atoms with Crippen molar-refractivity contribution in [3.05, 3.63) is 206 Å². The molecular weight excluding hydrogens is 705 g/mol. The van der Waals surface area contributed by atoms with Crippen LogP contribution in [0.15, 0.2) is 206 Å². The second-order valence-corrected chi connectivity index (χ2v) is 15.4. The van der Waals surface area contributed by atoms with Gasteiger partial charge in [-0.3, -0.25) is 0 Å². The SMILES string of the molecule is c1ccc(-c2cc(-n3c4ccccc4c4cc(-n5c6ccccc6c6ccccc65)ccc43)cc(-n3c4cccc5c4c4c(cccc43)n5-c3ccccc3)c2)cc1. The largest absolute Gasteiger partial charge is 0.309 e. The fraction of sp³-hybridized carbons (Fsp3) is 0. The van der Waals surface area contributed by atoms with Gasteiger partial charge in [0.15, 0.2) is 0 Å². The van der Waals surface area contributed by atoms with Gasteiger partial charge in [-0.15, -0.1) is 0 Å². The molecule has 0 aliphatic rings. The number of nitrogens with zero attached hydrogens (tertiary/aromatic N) is 4. The standard InChI is InChI=1S/C54H34N4/c1-3-15-35(16-4-1)36-31-39(33-40(32-36)58-51-27-13-25-49-53(51)54-50(26-14-28-52(54)58)55(49)37-17-5-2-6-18-37)57-47-24-12-9-21-43(47)44-34-38(29-30-48(44)57)56-45-22-10-7-19-41(45)42-20-8-11-23-46(42)56/h1-34H. The van der Waals surface area contributed by atoms with Gasteiger partial charge in [0.25, 0.3) is 0 Å². The van der Waals surface area contributed by atoms with Crippen molar-refractivity contribution in [2.75, 3.05) is 0 Å². The summed E-state index contributed by atoms with van der Waals surface area (Å²) >= 11 is 0. The van der Waals surface area contributed by atoms with Crippen LogP contribution in [-0.4, -0.2) is 18.3 Å². The lowest BCUT2D eigenvalue weighted by Crippen LogP contribution is -2.01. The van der Waals surface area contributed by atoms with Crippen LogP contribution in [0.25, 0.3) is 110 Å². The molecule has 0 saturated heterocycles. The monoisotopic (exact) mass is 738 g/mol. The van der Waals surface area contributed by atoms with Crippen LogP contribution in [0.3, 0.4) is 0 Å². The minimum atomic E-state index is 1.12. The summed E-state index contributed by atoms with van der Waals surface area (Å²) in [6.07, 6.45) is 0. The van der Waals surface area contributed by atoms with Crippen molar-refractivity contribution in [3.63, 3.8) is 0 Å². The number of fused-ring (bicyclic) bond motifs is 6. The van der Waals surface area contributed by atoms with Gasteiger partial charge in [-0.25, -0.2) is 0 Å². The Morgan fingerprint density at radius 2 is 0.603 bits per heavy atom. The van der Waals surface area contributed by atoms with E-state index < -0.39 is 0 Å². The molecule has 0 saturated carbocycles. The van der Waals surface area contributed by atoms with E-state index in [2.05, 4.69) is 225 Å². The molecule has 0 aliphatic carbocycles. The predicted molar refractivity (Wildman–Crippen MR) is 243 cm³/mol. The Morgan fingerprint density at radius 1 is 0.207 bits per heavy atom. The minimum Gasteiger partial charge on any atom is -0.309 e. The van der Waals surface area contributed by atoms with Crippen LogP contribution in [-0.2, 0) is 0 Å². The summed E-state index contributed by atoms with van der Waals surface area (Å²) in [4.78, 5) is 0. The molecule has 4 heterocycles. The lowest BCUT2D eigenvalue weighted by Gasteiger charge is -2.17. The minimum absolute atomic E-state index is 1.12. The fourth-order valence-electron chi connectivity index (χ4n) is 9.94. The average molecular weight is 739 g/mol. The van der Waals surface area contributed by atoms with Crippen molar-refractivity contribution < 1.29 is 0 Å². The molecule has 0 aliphatic heterocycles. The molecule has 0 atom stereocenters. The van der Waals surface area contributed by atoms with E-state index in [1.807, 2.05) is 0 Å². The number of rotatable bonds is 5. The number of para-hydroxylation sites is 4. The molecule has 0 N–H and O–H groups in total. The molecule has 270 valence electrons. The maximum absolute atomic E-state index is 2.48. The highest BCUT2D eigenvalue weighted by molar-refractivity contribution is 6.25. The zero-order chi connectivity index (χ0) is 37.9. The van der Waals surface area contributed by atoms with Crippen LogP contribution >= 0.6 is 0 Å². The van der Waals surface area contributed by atoms with E-state index >= 15 is 0 Å². The van der Waals surface area contributed by atoms with Crippen LogP contribution in [0.2, 0.25) is 0 Å². The first kappa shape index (κ1) is 31.4. The summed E-state index contributed by atoms with van der Waals surface area (Å²) in [6, 6.07) is 75.4. The van der Waals surface area contributed by atoms with Crippen LogP contribution in [0.1, 0.15) is 0 Å². The Kier molecular flexibility index (Phi) is 6.41. The van der Waals surface area contributed by atoms with Gasteiger partial charge in [-0.05, 0) is 102 Å². The zero-order valence-electron chi connectivity index (χ0n) is 31.4. The van der Waals surface area contributed by atoms with Crippen LogP contribution < -0.4 is 0 Å². The first-order valence-electron chi connectivity index (χ1n) is 19.9. The summed E-state index contributed by atoms with van der Waals surface area (Å²) in [6.45, 7) is 0. The van der Waals surface area contributed by atoms with E-state index in [0.29, 0.717) is 0 Å². The van der Waals surface area contributed by atoms with E-state index in [0.717, 1.165) is 17.1 Å². The summed E-state index contributed by atoms with van der Waals surface area (Å²) in [5, 5.41) is 7.57.